The van der Waals surface area contributed by atoms with Crippen LogP contribution in [-0.2, 0) is 14.3 Å². The molecule has 0 fully saturated rings. The third-order valence-corrected chi connectivity index (χ3v) is 3.39. The summed E-state index contributed by atoms with van der Waals surface area (Å²) >= 11 is 0. The Morgan fingerprint density at radius 2 is 2.04 bits per heavy atom. The van der Waals surface area contributed by atoms with Crippen LogP contribution in [0.5, 0.6) is 0 Å². The van der Waals surface area contributed by atoms with Crippen molar-refractivity contribution >= 4 is 18.0 Å². The summed E-state index contributed by atoms with van der Waals surface area (Å²) in [4.78, 5) is 39.7. The summed E-state index contributed by atoms with van der Waals surface area (Å²) in [5.74, 6) is -1.15. The van der Waals surface area contributed by atoms with Gasteiger partial charge in [0.05, 0.1) is 29.5 Å². The summed E-state index contributed by atoms with van der Waals surface area (Å²) in [6, 6.07) is 2.22. The van der Waals surface area contributed by atoms with Gasteiger partial charge in [-0.2, -0.15) is 0 Å². The van der Waals surface area contributed by atoms with Crippen LogP contribution in [0.4, 0.5) is 4.79 Å². The molecule has 1 aliphatic heterocycles. The zero-order valence-electron chi connectivity index (χ0n) is 13.5. The van der Waals surface area contributed by atoms with Gasteiger partial charge >= 0.3 is 18.0 Å². The van der Waals surface area contributed by atoms with E-state index < -0.39 is 24.0 Å². The van der Waals surface area contributed by atoms with Crippen molar-refractivity contribution in [2.24, 2.45) is 0 Å². The summed E-state index contributed by atoms with van der Waals surface area (Å²) < 4.78 is 10.2. The number of esters is 2. The first-order valence-corrected chi connectivity index (χ1v) is 7.61. The standard InChI is InChI=1S/C16H19N3O5/c1-3-11-13(15(21)23-4-2)12(19-16(22)18-11)9-24-14(20)10-6-5-7-17-8-10/h5-8,11H,3-4,9H2,1-2H3,(H2,18,19,22)/t11-/m0/s1. The smallest absolute Gasteiger partial charge is 0.340 e. The Labute approximate surface area is 139 Å². The molecule has 1 aromatic heterocycles. The lowest BCUT2D eigenvalue weighted by Gasteiger charge is -2.28. The largest absolute Gasteiger partial charge is 0.463 e. The number of rotatable bonds is 6. The molecule has 0 aliphatic carbocycles. The van der Waals surface area contributed by atoms with Crippen LogP contribution in [0.1, 0.15) is 30.6 Å². The first kappa shape index (κ1) is 17.5. The second-order valence-electron chi connectivity index (χ2n) is 4.99. The molecule has 2 heterocycles. The van der Waals surface area contributed by atoms with E-state index in [1.54, 1.807) is 19.1 Å². The summed E-state index contributed by atoms with van der Waals surface area (Å²) in [7, 11) is 0. The van der Waals surface area contributed by atoms with Crippen LogP contribution in [0, 0.1) is 0 Å². The fraction of sp³-hybridized carbons (Fsp3) is 0.375. The second-order valence-corrected chi connectivity index (χ2v) is 4.99. The van der Waals surface area contributed by atoms with Crippen LogP contribution in [0.25, 0.3) is 0 Å². The Kier molecular flexibility index (Phi) is 5.89. The molecule has 8 heteroatoms. The molecular formula is C16H19N3O5. The Hall–Kier alpha value is -2.90. The molecule has 8 nitrogen and oxygen atoms in total. The Bertz CT molecular complexity index is 657. The molecule has 0 unspecified atom stereocenters. The number of carbonyl (C=O) groups excluding carboxylic acids is 3. The quantitative estimate of drug-likeness (QED) is 0.756. The summed E-state index contributed by atoms with van der Waals surface area (Å²) in [6.07, 6.45) is 3.41. The predicted octanol–water partition coefficient (Wildman–Crippen LogP) is 1.15. The first-order valence-electron chi connectivity index (χ1n) is 7.61. The Morgan fingerprint density at radius 3 is 2.67 bits per heavy atom. The SMILES string of the molecule is CCOC(=O)C1=C(COC(=O)c2cccnc2)NC(=O)N[C@H]1CC. The fourth-order valence-corrected chi connectivity index (χ4v) is 2.28. The maximum Gasteiger partial charge on any atom is 0.340 e. The molecule has 24 heavy (non-hydrogen) atoms. The topological polar surface area (TPSA) is 107 Å². The van der Waals surface area contributed by atoms with Gasteiger partial charge in [0.2, 0.25) is 0 Å². The predicted molar refractivity (Wildman–Crippen MR) is 83.9 cm³/mol. The van der Waals surface area contributed by atoms with E-state index in [-0.39, 0.29) is 30.0 Å². The molecule has 0 spiro atoms. The monoisotopic (exact) mass is 333 g/mol. The number of urea groups is 1. The molecule has 1 aromatic rings. The molecule has 128 valence electrons. The lowest BCUT2D eigenvalue weighted by Crippen LogP contribution is -2.51. The van der Waals surface area contributed by atoms with Gasteiger partial charge in [-0.1, -0.05) is 6.92 Å². The molecule has 0 bridgehead atoms. The van der Waals surface area contributed by atoms with Gasteiger partial charge in [0, 0.05) is 12.4 Å². The third-order valence-electron chi connectivity index (χ3n) is 3.39. The van der Waals surface area contributed by atoms with Gasteiger partial charge in [-0.3, -0.25) is 4.98 Å². The first-order chi connectivity index (χ1) is 11.6. The Morgan fingerprint density at radius 1 is 1.25 bits per heavy atom. The van der Waals surface area contributed by atoms with Crippen LogP contribution < -0.4 is 10.6 Å². The summed E-state index contributed by atoms with van der Waals surface area (Å²) in [6.45, 7) is 3.48. The number of pyridine rings is 1. The van der Waals surface area contributed by atoms with Crippen molar-refractivity contribution in [3.8, 4) is 0 Å². The molecule has 0 aromatic carbocycles. The van der Waals surface area contributed by atoms with Crippen LogP contribution in [0.2, 0.25) is 0 Å². The molecule has 2 amide bonds. The van der Waals surface area contributed by atoms with Gasteiger partial charge in [0.25, 0.3) is 0 Å². The third kappa shape index (κ3) is 4.09. The zero-order chi connectivity index (χ0) is 17.5. The molecule has 0 saturated heterocycles. The number of nitrogens with one attached hydrogen (secondary N) is 2. The number of aromatic nitrogens is 1. The van der Waals surface area contributed by atoms with Crippen molar-refractivity contribution in [1.82, 2.24) is 15.6 Å². The van der Waals surface area contributed by atoms with Crippen molar-refractivity contribution in [3.63, 3.8) is 0 Å². The van der Waals surface area contributed by atoms with E-state index in [0.717, 1.165) is 0 Å². The van der Waals surface area contributed by atoms with Crippen molar-refractivity contribution in [1.29, 1.82) is 0 Å². The highest BCUT2D eigenvalue weighted by Crippen LogP contribution is 2.17. The summed E-state index contributed by atoms with van der Waals surface area (Å²) in [5, 5.41) is 5.16. The number of hydrogen-bond acceptors (Lipinski definition) is 6. The van der Waals surface area contributed by atoms with E-state index >= 15 is 0 Å². The van der Waals surface area contributed by atoms with Crippen LogP contribution in [-0.4, -0.2) is 42.2 Å². The van der Waals surface area contributed by atoms with Gasteiger partial charge in [-0.05, 0) is 25.5 Å². The minimum atomic E-state index is -0.598. The van der Waals surface area contributed by atoms with Crippen LogP contribution in [0.3, 0.4) is 0 Å². The van der Waals surface area contributed by atoms with E-state index in [4.69, 9.17) is 9.47 Å². The lowest BCUT2D eigenvalue weighted by atomic mass is 10.0. The molecular weight excluding hydrogens is 314 g/mol. The lowest BCUT2D eigenvalue weighted by molar-refractivity contribution is -0.139. The second kappa shape index (κ2) is 8.09. The van der Waals surface area contributed by atoms with Crippen molar-refractivity contribution in [2.45, 2.75) is 26.3 Å². The average Bonchev–Trinajstić information content (AvgIpc) is 2.59. The van der Waals surface area contributed by atoms with E-state index in [2.05, 4.69) is 15.6 Å². The zero-order valence-corrected chi connectivity index (χ0v) is 13.5. The number of ether oxygens (including phenoxy) is 2. The van der Waals surface area contributed by atoms with Crippen LogP contribution in [0.15, 0.2) is 35.8 Å². The van der Waals surface area contributed by atoms with Crippen LogP contribution >= 0.6 is 0 Å². The van der Waals surface area contributed by atoms with Gasteiger partial charge in [0.1, 0.15) is 6.61 Å². The van der Waals surface area contributed by atoms with Crippen molar-refractivity contribution in [2.75, 3.05) is 13.2 Å². The highest BCUT2D eigenvalue weighted by molar-refractivity contribution is 5.95. The molecule has 0 radical (unpaired) electrons. The maximum absolute atomic E-state index is 12.2. The number of nitrogens with zero attached hydrogens (tertiary/aromatic N) is 1. The number of hydrogen-bond donors (Lipinski definition) is 2. The highest BCUT2D eigenvalue weighted by Gasteiger charge is 2.32. The normalized spacial score (nSPS) is 16.9. The van der Waals surface area contributed by atoms with Gasteiger partial charge in [-0.15, -0.1) is 0 Å². The fourth-order valence-electron chi connectivity index (χ4n) is 2.28. The molecule has 1 atom stereocenters. The number of amides is 2. The molecule has 2 rings (SSSR count). The van der Waals surface area contributed by atoms with E-state index in [0.29, 0.717) is 6.42 Å². The van der Waals surface area contributed by atoms with E-state index in [1.807, 2.05) is 6.92 Å². The minimum Gasteiger partial charge on any atom is -0.463 e. The van der Waals surface area contributed by atoms with Gasteiger partial charge in [0.15, 0.2) is 0 Å². The van der Waals surface area contributed by atoms with Crippen molar-refractivity contribution < 1.29 is 23.9 Å². The molecule has 1 aliphatic rings. The van der Waals surface area contributed by atoms with Gasteiger partial charge < -0.3 is 20.1 Å². The Balaban J connectivity index is 2.19. The van der Waals surface area contributed by atoms with E-state index in [9.17, 15) is 14.4 Å². The highest BCUT2D eigenvalue weighted by atomic mass is 16.5. The van der Waals surface area contributed by atoms with E-state index in [1.165, 1.54) is 12.4 Å². The average molecular weight is 333 g/mol. The molecule has 0 saturated carbocycles. The maximum atomic E-state index is 12.2. The van der Waals surface area contributed by atoms with Crippen molar-refractivity contribution in [3.05, 3.63) is 41.4 Å². The molecule has 2 N–H and O–H groups in total. The number of carbonyl (C=O) groups is 3. The summed E-state index contributed by atoms with van der Waals surface area (Å²) in [5.41, 5.74) is 0.766. The minimum absolute atomic E-state index is 0.204. The van der Waals surface area contributed by atoms with Gasteiger partial charge in [-0.25, -0.2) is 14.4 Å².